The number of rotatable bonds is 4. The summed E-state index contributed by atoms with van der Waals surface area (Å²) >= 11 is 0. The van der Waals surface area contributed by atoms with Crippen LogP contribution in [0.4, 0.5) is 0 Å². The predicted molar refractivity (Wildman–Crippen MR) is 98.4 cm³/mol. The lowest BCUT2D eigenvalue weighted by Crippen LogP contribution is -2.62. The number of nitrogens with one attached hydrogen (secondary N) is 2. The topological polar surface area (TPSA) is 76.0 Å². The summed E-state index contributed by atoms with van der Waals surface area (Å²) in [5.74, 6) is -0.301. The maximum absolute atomic E-state index is 12.5. The number of benzene rings is 1. The predicted octanol–water partition coefficient (Wildman–Crippen LogP) is 1.34. The van der Waals surface area contributed by atoms with Crippen LogP contribution in [0.2, 0.25) is 0 Å². The van der Waals surface area contributed by atoms with Crippen molar-refractivity contribution in [3.63, 3.8) is 0 Å². The number of carbonyl (C=O) groups is 2. The first-order valence-corrected chi connectivity index (χ1v) is 8.64. The van der Waals surface area contributed by atoms with Crippen molar-refractivity contribution in [3.8, 4) is 0 Å². The Morgan fingerprint density at radius 3 is 2.46 bits per heavy atom. The highest BCUT2D eigenvalue weighted by atomic mass is 16.2. The average Bonchev–Trinajstić information content (AvgIpc) is 2.96. The molecule has 1 aliphatic heterocycles. The Hall–Kier alpha value is -3.15. The van der Waals surface area contributed by atoms with E-state index in [1.54, 1.807) is 12.4 Å². The second-order valence-electron chi connectivity index (χ2n) is 6.67. The molecule has 1 aliphatic rings. The van der Waals surface area contributed by atoms with Gasteiger partial charge >= 0.3 is 0 Å². The van der Waals surface area contributed by atoms with E-state index in [0.717, 1.165) is 22.0 Å². The summed E-state index contributed by atoms with van der Waals surface area (Å²) in [6.45, 7) is 0. The van der Waals surface area contributed by atoms with Gasteiger partial charge < -0.3 is 15.2 Å². The summed E-state index contributed by atoms with van der Waals surface area (Å²) in [4.78, 5) is 29.1. The van der Waals surface area contributed by atoms with Crippen molar-refractivity contribution in [2.24, 2.45) is 7.05 Å². The lowest BCUT2D eigenvalue weighted by atomic mass is 9.99. The highest BCUT2D eigenvalue weighted by Gasteiger charge is 2.34. The van der Waals surface area contributed by atoms with E-state index in [1.807, 2.05) is 54.2 Å². The highest BCUT2D eigenvalue weighted by Crippen LogP contribution is 2.22. The van der Waals surface area contributed by atoms with Gasteiger partial charge in [-0.1, -0.05) is 24.3 Å². The quantitative estimate of drug-likeness (QED) is 0.747. The van der Waals surface area contributed by atoms with Gasteiger partial charge in [0.25, 0.3) is 0 Å². The molecule has 0 radical (unpaired) electrons. The van der Waals surface area contributed by atoms with E-state index in [2.05, 4.69) is 15.6 Å². The third kappa shape index (κ3) is 3.06. The van der Waals surface area contributed by atoms with Crippen molar-refractivity contribution >= 4 is 22.7 Å². The number of piperazine rings is 1. The largest absolute Gasteiger partial charge is 0.350 e. The summed E-state index contributed by atoms with van der Waals surface area (Å²) in [5, 5.41) is 6.84. The summed E-state index contributed by atoms with van der Waals surface area (Å²) in [6.07, 6.45) is 6.32. The first-order valence-electron chi connectivity index (χ1n) is 8.64. The van der Waals surface area contributed by atoms with Crippen LogP contribution < -0.4 is 10.6 Å². The summed E-state index contributed by atoms with van der Waals surface area (Å²) in [6, 6.07) is 10.7. The van der Waals surface area contributed by atoms with Crippen LogP contribution in [0.25, 0.3) is 10.9 Å². The van der Waals surface area contributed by atoms with Gasteiger partial charge in [0.2, 0.25) is 11.8 Å². The average molecular weight is 348 g/mol. The van der Waals surface area contributed by atoms with Gasteiger partial charge in [-0.2, -0.15) is 0 Å². The fraction of sp³-hybridized carbons (Fsp3) is 0.250. The summed E-state index contributed by atoms with van der Waals surface area (Å²) in [7, 11) is 1.98. The van der Waals surface area contributed by atoms with Crippen molar-refractivity contribution < 1.29 is 9.59 Å². The lowest BCUT2D eigenvalue weighted by molar-refractivity contribution is -0.136. The molecule has 1 aromatic carbocycles. The van der Waals surface area contributed by atoms with Crippen molar-refractivity contribution in [3.05, 3.63) is 66.1 Å². The third-order valence-corrected chi connectivity index (χ3v) is 4.83. The Morgan fingerprint density at radius 1 is 1.00 bits per heavy atom. The maximum atomic E-state index is 12.5. The molecule has 2 aromatic heterocycles. The zero-order chi connectivity index (χ0) is 18.1. The monoisotopic (exact) mass is 348 g/mol. The fourth-order valence-corrected chi connectivity index (χ4v) is 3.53. The van der Waals surface area contributed by atoms with E-state index in [4.69, 9.17) is 0 Å². The Morgan fingerprint density at radius 2 is 1.73 bits per heavy atom. The van der Waals surface area contributed by atoms with Gasteiger partial charge in [-0.25, -0.2) is 0 Å². The molecule has 3 heterocycles. The molecule has 0 spiro atoms. The van der Waals surface area contributed by atoms with Gasteiger partial charge in [-0.3, -0.25) is 14.6 Å². The number of amides is 2. The standard InChI is InChI=1S/C20H20N4O2/c1-24-12-14(15-6-2-3-7-18(15)24)10-17-20(26)22-16(19(25)23-17)9-13-5-4-8-21-11-13/h2-8,11-12,16-17H,9-10H2,1H3,(H,22,26)(H,23,25)/t16-,17-/m0/s1. The summed E-state index contributed by atoms with van der Waals surface area (Å²) < 4.78 is 2.04. The molecule has 0 bridgehead atoms. The van der Waals surface area contributed by atoms with Gasteiger partial charge in [0.15, 0.2) is 0 Å². The van der Waals surface area contributed by atoms with E-state index >= 15 is 0 Å². The Bertz CT molecular complexity index is 964. The molecule has 0 saturated carbocycles. The minimum atomic E-state index is -0.560. The number of hydrogen-bond acceptors (Lipinski definition) is 3. The summed E-state index contributed by atoms with van der Waals surface area (Å²) in [5.41, 5.74) is 3.08. The molecule has 2 N–H and O–H groups in total. The van der Waals surface area contributed by atoms with Crippen LogP contribution in [0.3, 0.4) is 0 Å². The van der Waals surface area contributed by atoms with Crippen LogP contribution in [0.1, 0.15) is 11.1 Å². The highest BCUT2D eigenvalue weighted by molar-refractivity contribution is 5.97. The minimum Gasteiger partial charge on any atom is -0.350 e. The number of fused-ring (bicyclic) bond motifs is 1. The van der Waals surface area contributed by atoms with E-state index < -0.39 is 12.1 Å². The van der Waals surface area contributed by atoms with Gasteiger partial charge in [0.1, 0.15) is 12.1 Å². The molecule has 132 valence electrons. The maximum Gasteiger partial charge on any atom is 0.243 e. The molecular weight excluding hydrogens is 328 g/mol. The molecule has 1 saturated heterocycles. The van der Waals surface area contributed by atoms with Gasteiger partial charge in [0.05, 0.1) is 0 Å². The third-order valence-electron chi connectivity index (χ3n) is 4.83. The van der Waals surface area contributed by atoms with Gasteiger partial charge in [0, 0.05) is 49.4 Å². The normalized spacial score (nSPS) is 20.0. The van der Waals surface area contributed by atoms with Crippen LogP contribution in [-0.4, -0.2) is 33.4 Å². The van der Waals surface area contributed by atoms with Crippen molar-refractivity contribution in [1.82, 2.24) is 20.2 Å². The van der Waals surface area contributed by atoms with E-state index in [0.29, 0.717) is 12.8 Å². The Kier molecular flexibility index (Phi) is 4.16. The Labute approximate surface area is 151 Å². The molecule has 26 heavy (non-hydrogen) atoms. The molecule has 0 aliphatic carbocycles. The molecule has 2 amide bonds. The van der Waals surface area contributed by atoms with Crippen LogP contribution >= 0.6 is 0 Å². The van der Waals surface area contributed by atoms with Crippen molar-refractivity contribution in [1.29, 1.82) is 0 Å². The van der Waals surface area contributed by atoms with Crippen LogP contribution in [-0.2, 0) is 29.5 Å². The minimum absolute atomic E-state index is 0.147. The molecule has 2 atom stereocenters. The molecule has 1 fully saturated rings. The molecule has 4 rings (SSSR count). The number of carbonyl (C=O) groups excluding carboxylic acids is 2. The number of para-hydroxylation sites is 1. The van der Waals surface area contributed by atoms with Crippen LogP contribution in [0.5, 0.6) is 0 Å². The van der Waals surface area contributed by atoms with Crippen molar-refractivity contribution in [2.75, 3.05) is 0 Å². The molecular formula is C20H20N4O2. The number of pyridine rings is 1. The first kappa shape index (κ1) is 16.3. The van der Waals surface area contributed by atoms with Crippen LogP contribution in [0.15, 0.2) is 55.0 Å². The number of hydrogen-bond donors (Lipinski definition) is 2. The second kappa shape index (κ2) is 6.63. The molecule has 3 aromatic rings. The van der Waals surface area contributed by atoms with E-state index in [1.165, 1.54) is 0 Å². The molecule has 0 unspecified atom stereocenters. The van der Waals surface area contributed by atoms with Crippen LogP contribution in [0, 0.1) is 0 Å². The Balaban J connectivity index is 1.49. The zero-order valence-electron chi connectivity index (χ0n) is 14.5. The smallest absolute Gasteiger partial charge is 0.243 e. The zero-order valence-corrected chi connectivity index (χ0v) is 14.5. The number of aryl methyl sites for hydroxylation is 1. The SMILES string of the molecule is Cn1cc(C[C@@H]2NC(=O)[C@H](Cc3cccnc3)NC2=O)c2ccccc21. The molecule has 6 heteroatoms. The first-order chi connectivity index (χ1) is 12.6. The van der Waals surface area contributed by atoms with Gasteiger partial charge in [-0.05, 0) is 23.3 Å². The van der Waals surface area contributed by atoms with Crippen molar-refractivity contribution in [2.45, 2.75) is 24.9 Å². The fourth-order valence-electron chi connectivity index (χ4n) is 3.53. The number of aromatic nitrogens is 2. The second-order valence-corrected chi connectivity index (χ2v) is 6.67. The number of nitrogens with zero attached hydrogens (tertiary/aromatic N) is 2. The van der Waals surface area contributed by atoms with E-state index in [-0.39, 0.29) is 11.8 Å². The van der Waals surface area contributed by atoms with Gasteiger partial charge in [-0.15, -0.1) is 0 Å². The van der Waals surface area contributed by atoms with E-state index in [9.17, 15) is 9.59 Å². The molecule has 6 nitrogen and oxygen atoms in total. The lowest BCUT2D eigenvalue weighted by Gasteiger charge is -2.29.